The lowest BCUT2D eigenvalue weighted by atomic mass is 9.98. The summed E-state index contributed by atoms with van der Waals surface area (Å²) in [6, 6.07) is 0. The molecule has 0 aromatic carbocycles. The average molecular weight is 981 g/mol. The number of allylic oxidation sites excluding steroid dienone is 2. The van der Waals surface area contributed by atoms with Gasteiger partial charge in [-0.05, 0) is 44.9 Å². The van der Waals surface area contributed by atoms with Crippen molar-refractivity contribution in [2.75, 3.05) is 13.2 Å². The number of hydrogen-bond acceptors (Lipinski definition) is 11. The van der Waals surface area contributed by atoms with E-state index in [1.54, 1.807) is 0 Å². The van der Waals surface area contributed by atoms with Crippen molar-refractivity contribution in [3.05, 3.63) is 12.2 Å². The van der Waals surface area contributed by atoms with Gasteiger partial charge in [0.25, 0.3) is 0 Å². The Hall–Kier alpha value is -2.54. The molecule has 1 saturated heterocycles. The number of unbranched alkanes of at least 4 members (excludes halogenated alkanes) is 33. The Morgan fingerprint density at radius 1 is 0.464 bits per heavy atom. The number of carbonyl (C=O) groups is 4. The number of carboxylic acid groups (broad SMARTS) is 1. The highest BCUT2D eigenvalue weighted by Crippen LogP contribution is 2.26. The Labute approximate surface area is 420 Å². The number of carboxylic acids is 1. The highest BCUT2D eigenvalue weighted by atomic mass is 16.7. The summed E-state index contributed by atoms with van der Waals surface area (Å²) >= 11 is 0. The van der Waals surface area contributed by atoms with E-state index in [1.807, 2.05) is 0 Å². The fraction of sp³-hybridized carbons (Fsp3) is 0.895. The molecule has 0 aromatic heterocycles. The molecular formula is C57H104O12. The Morgan fingerprint density at radius 3 is 1.25 bits per heavy atom. The van der Waals surface area contributed by atoms with Crippen molar-refractivity contribution in [2.24, 2.45) is 0 Å². The second kappa shape index (κ2) is 46.5. The van der Waals surface area contributed by atoms with Gasteiger partial charge in [-0.15, -0.1) is 0 Å². The topological polar surface area (TPSA) is 175 Å². The Balaban J connectivity index is 2.70. The van der Waals surface area contributed by atoms with E-state index in [4.69, 9.17) is 23.7 Å². The molecule has 0 bridgehead atoms. The fourth-order valence-electron chi connectivity index (χ4n) is 8.89. The van der Waals surface area contributed by atoms with Crippen molar-refractivity contribution in [2.45, 2.75) is 314 Å². The van der Waals surface area contributed by atoms with Crippen molar-refractivity contribution in [1.29, 1.82) is 0 Å². The maximum atomic E-state index is 13.1. The standard InChI is InChI=1S/C57H104O12/c1-4-7-10-13-16-19-22-25-28-31-34-37-40-43-49(58)65-46-48(67-50(59)44-41-38-35-32-29-26-23-20-17-14-11-8-5-2)47-66-57-55(53(62)52(61)54(69-57)56(63)64)68-51(60)45-42-39-36-33-30-27-24-21-18-15-12-9-6-3/h21,24,48,52-55,57,61-62H,4-20,22-23,25-47H2,1-3H3,(H,63,64)/b24-21-. The van der Waals surface area contributed by atoms with E-state index < -0.39 is 67.3 Å². The Kier molecular flexibility index (Phi) is 43.5. The first-order valence-electron chi connectivity index (χ1n) is 28.7. The summed E-state index contributed by atoms with van der Waals surface area (Å²) in [7, 11) is 0. The summed E-state index contributed by atoms with van der Waals surface area (Å²) in [6.07, 6.45) is 37.6. The van der Waals surface area contributed by atoms with Crippen molar-refractivity contribution >= 4 is 23.9 Å². The van der Waals surface area contributed by atoms with Gasteiger partial charge in [0.1, 0.15) is 18.8 Å². The fourth-order valence-corrected chi connectivity index (χ4v) is 8.89. The summed E-state index contributed by atoms with van der Waals surface area (Å²) < 4.78 is 28.4. The van der Waals surface area contributed by atoms with Crippen molar-refractivity contribution in [3.63, 3.8) is 0 Å². The van der Waals surface area contributed by atoms with Gasteiger partial charge in [0.2, 0.25) is 0 Å². The van der Waals surface area contributed by atoms with Gasteiger partial charge < -0.3 is 39.0 Å². The van der Waals surface area contributed by atoms with Crippen LogP contribution in [0.2, 0.25) is 0 Å². The quantitative estimate of drug-likeness (QED) is 0.0228. The predicted octanol–water partition coefficient (Wildman–Crippen LogP) is 14.1. The molecule has 0 amide bonds. The zero-order valence-corrected chi connectivity index (χ0v) is 44.3. The third-order valence-corrected chi connectivity index (χ3v) is 13.3. The van der Waals surface area contributed by atoms with Crippen molar-refractivity contribution < 1.29 is 58.2 Å². The van der Waals surface area contributed by atoms with Crippen LogP contribution >= 0.6 is 0 Å². The van der Waals surface area contributed by atoms with Crippen LogP contribution < -0.4 is 0 Å². The maximum absolute atomic E-state index is 13.1. The van der Waals surface area contributed by atoms with Crippen LogP contribution in [-0.4, -0.2) is 89.2 Å². The molecule has 1 fully saturated rings. The minimum absolute atomic E-state index is 0.0562. The molecule has 0 spiro atoms. The van der Waals surface area contributed by atoms with Gasteiger partial charge in [0, 0.05) is 19.3 Å². The molecule has 0 aliphatic carbocycles. The monoisotopic (exact) mass is 981 g/mol. The van der Waals surface area contributed by atoms with E-state index in [1.165, 1.54) is 141 Å². The number of aliphatic hydroxyl groups excluding tert-OH is 2. The molecule has 12 heteroatoms. The molecule has 6 atom stereocenters. The van der Waals surface area contributed by atoms with Crippen LogP contribution in [0.5, 0.6) is 0 Å². The van der Waals surface area contributed by atoms with E-state index in [9.17, 15) is 34.5 Å². The molecule has 1 aliphatic heterocycles. The molecule has 69 heavy (non-hydrogen) atoms. The molecule has 6 unspecified atom stereocenters. The third-order valence-electron chi connectivity index (χ3n) is 13.3. The van der Waals surface area contributed by atoms with Crippen LogP contribution in [0.15, 0.2) is 12.2 Å². The van der Waals surface area contributed by atoms with E-state index in [-0.39, 0.29) is 25.9 Å². The van der Waals surface area contributed by atoms with Crippen LogP contribution in [0.1, 0.15) is 278 Å². The second-order valence-electron chi connectivity index (χ2n) is 19.9. The molecule has 0 saturated carbocycles. The maximum Gasteiger partial charge on any atom is 0.335 e. The number of esters is 3. The van der Waals surface area contributed by atoms with Crippen LogP contribution in [0.4, 0.5) is 0 Å². The van der Waals surface area contributed by atoms with Crippen LogP contribution in [0.25, 0.3) is 0 Å². The zero-order chi connectivity index (χ0) is 50.4. The van der Waals surface area contributed by atoms with Crippen LogP contribution in [0, 0.1) is 0 Å². The Bertz CT molecular complexity index is 1260. The normalized spacial score (nSPS) is 18.7. The second-order valence-corrected chi connectivity index (χ2v) is 19.9. The molecule has 0 aromatic rings. The summed E-state index contributed by atoms with van der Waals surface area (Å²) in [5.74, 6) is -3.10. The number of ether oxygens (including phenoxy) is 5. The van der Waals surface area contributed by atoms with Gasteiger partial charge in [-0.2, -0.15) is 0 Å². The lowest BCUT2D eigenvalue weighted by Gasteiger charge is -2.40. The number of aliphatic hydroxyl groups is 2. The first-order valence-corrected chi connectivity index (χ1v) is 28.7. The summed E-state index contributed by atoms with van der Waals surface area (Å²) in [6.45, 7) is 5.99. The van der Waals surface area contributed by atoms with Gasteiger partial charge in [-0.25, -0.2) is 4.79 Å². The highest BCUT2D eigenvalue weighted by Gasteiger charge is 2.50. The molecule has 404 valence electrons. The van der Waals surface area contributed by atoms with E-state index in [2.05, 4.69) is 32.9 Å². The largest absolute Gasteiger partial charge is 0.479 e. The highest BCUT2D eigenvalue weighted by molar-refractivity contribution is 5.74. The smallest absolute Gasteiger partial charge is 0.335 e. The molecule has 1 heterocycles. The molecular weight excluding hydrogens is 877 g/mol. The molecule has 0 radical (unpaired) electrons. The summed E-state index contributed by atoms with van der Waals surface area (Å²) in [4.78, 5) is 51.0. The van der Waals surface area contributed by atoms with Crippen molar-refractivity contribution in [1.82, 2.24) is 0 Å². The molecule has 3 N–H and O–H groups in total. The van der Waals surface area contributed by atoms with Gasteiger partial charge in [-0.3, -0.25) is 14.4 Å². The summed E-state index contributed by atoms with van der Waals surface area (Å²) in [5.41, 5.74) is 0. The SMILES string of the molecule is CCCCCC/C=C\CCCCCCCC(=O)OC1C(OCC(COC(=O)CCCCCCCCCCCCCCC)OC(=O)CCCCCCCCCCCCCCC)OC(C(=O)O)C(O)C1O. The summed E-state index contributed by atoms with van der Waals surface area (Å²) in [5, 5.41) is 31.4. The number of rotatable bonds is 49. The van der Waals surface area contributed by atoms with Crippen molar-refractivity contribution in [3.8, 4) is 0 Å². The number of hydrogen-bond donors (Lipinski definition) is 3. The van der Waals surface area contributed by atoms with Crippen LogP contribution in [0.3, 0.4) is 0 Å². The van der Waals surface area contributed by atoms with Gasteiger partial charge in [0.15, 0.2) is 24.6 Å². The van der Waals surface area contributed by atoms with Crippen LogP contribution in [-0.2, 0) is 42.9 Å². The van der Waals surface area contributed by atoms with E-state index >= 15 is 0 Å². The minimum Gasteiger partial charge on any atom is -0.479 e. The van der Waals surface area contributed by atoms with Gasteiger partial charge >= 0.3 is 23.9 Å². The average Bonchev–Trinajstić information content (AvgIpc) is 3.33. The molecule has 12 nitrogen and oxygen atoms in total. The van der Waals surface area contributed by atoms with Gasteiger partial charge in [0.05, 0.1) is 6.61 Å². The number of carbonyl (C=O) groups excluding carboxylic acids is 3. The molecule has 1 aliphatic rings. The first kappa shape index (κ1) is 64.5. The van der Waals surface area contributed by atoms with Gasteiger partial charge in [-0.1, -0.05) is 226 Å². The lowest BCUT2D eigenvalue weighted by molar-refractivity contribution is -0.301. The number of aliphatic carboxylic acids is 1. The molecule has 1 rings (SSSR count). The Morgan fingerprint density at radius 2 is 0.826 bits per heavy atom. The first-order chi connectivity index (χ1) is 33.6. The predicted molar refractivity (Wildman–Crippen MR) is 276 cm³/mol. The zero-order valence-electron chi connectivity index (χ0n) is 44.3. The lowest BCUT2D eigenvalue weighted by Crippen LogP contribution is -2.61. The third kappa shape index (κ3) is 37.0. The minimum atomic E-state index is -1.90. The van der Waals surface area contributed by atoms with E-state index in [0.717, 1.165) is 77.0 Å². The van der Waals surface area contributed by atoms with E-state index in [0.29, 0.717) is 19.3 Å².